The number of hydrogen-bond donors (Lipinski definition) is 2. The number of nitro groups is 1. The van der Waals surface area contributed by atoms with Gasteiger partial charge in [-0.3, -0.25) is 10.1 Å². The molecule has 1 fully saturated rings. The molecule has 1 aliphatic carbocycles. The lowest BCUT2D eigenvalue weighted by molar-refractivity contribution is -0.384. The van der Waals surface area contributed by atoms with Crippen molar-refractivity contribution in [3.8, 4) is 0 Å². The fraction of sp³-hybridized carbons (Fsp3) is 0.500. The van der Waals surface area contributed by atoms with Gasteiger partial charge in [0.25, 0.3) is 5.69 Å². The minimum atomic E-state index is -0.383. The average molecular weight is 315 g/mol. The van der Waals surface area contributed by atoms with Gasteiger partial charge in [0, 0.05) is 23.2 Å². The number of aliphatic hydroxyl groups is 1. The van der Waals surface area contributed by atoms with Crippen LogP contribution in [0.15, 0.2) is 22.7 Å². The average Bonchev–Trinajstić information content (AvgIpc) is 2.79. The lowest BCUT2D eigenvalue weighted by Gasteiger charge is -2.14. The van der Waals surface area contributed by atoms with Crippen molar-refractivity contribution in [2.45, 2.75) is 25.3 Å². The van der Waals surface area contributed by atoms with Crippen molar-refractivity contribution in [3.63, 3.8) is 0 Å². The molecule has 0 radical (unpaired) electrons. The Morgan fingerprint density at radius 2 is 2.28 bits per heavy atom. The number of nitrogens with one attached hydrogen (secondary N) is 1. The normalized spacial score (nSPS) is 23.0. The second-order valence-corrected chi connectivity index (χ2v) is 5.54. The Morgan fingerprint density at radius 1 is 1.50 bits per heavy atom. The van der Waals surface area contributed by atoms with Gasteiger partial charge >= 0.3 is 0 Å². The van der Waals surface area contributed by atoms with Crippen LogP contribution in [0.1, 0.15) is 19.3 Å². The largest absolute Gasteiger partial charge is 0.396 e. The second kappa shape index (κ2) is 5.67. The summed E-state index contributed by atoms with van der Waals surface area (Å²) in [6.45, 7) is 0.195. The fourth-order valence-corrected chi connectivity index (χ4v) is 2.72. The van der Waals surface area contributed by atoms with E-state index in [0.29, 0.717) is 16.1 Å². The number of halogens is 1. The van der Waals surface area contributed by atoms with Crippen LogP contribution in [-0.4, -0.2) is 22.7 Å². The summed E-state index contributed by atoms with van der Waals surface area (Å²) < 4.78 is 0.694. The summed E-state index contributed by atoms with van der Waals surface area (Å²) in [7, 11) is 0. The first-order chi connectivity index (χ1) is 8.60. The van der Waals surface area contributed by atoms with Crippen molar-refractivity contribution in [2.75, 3.05) is 11.9 Å². The van der Waals surface area contributed by atoms with Crippen molar-refractivity contribution in [2.24, 2.45) is 5.92 Å². The Bertz CT molecular complexity index is 453. The zero-order chi connectivity index (χ0) is 13.1. The highest BCUT2D eigenvalue weighted by Crippen LogP contribution is 2.32. The van der Waals surface area contributed by atoms with Gasteiger partial charge in [0.2, 0.25) is 0 Å². The summed E-state index contributed by atoms with van der Waals surface area (Å²) in [4.78, 5) is 10.6. The van der Waals surface area contributed by atoms with E-state index < -0.39 is 0 Å². The predicted molar refractivity (Wildman–Crippen MR) is 72.6 cm³/mol. The van der Waals surface area contributed by atoms with Crippen LogP contribution in [0.3, 0.4) is 0 Å². The SMILES string of the molecule is O=[N+]([O-])c1cc(Br)ccc1N[C@H]1CC[C@@H](CO)C1. The zero-order valence-electron chi connectivity index (χ0n) is 9.80. The summed E-state index contributed by atoms with van der Waals surface area (Å²) in [6.07, 6.45) is 2.78. The van der Waals surface area contributed by atoms with Crippen molar-refractivity contribution < 1.29 is 10.0 Å². The molecular weight excluding hydrogens is 300 g/mol. The molecule has 0 saturated heterocycles. The summed E-state index contributed by atoms with van der Waals surface area (Å²) in [5.74, 6) is 0.317. The van der Waals surface area contributed by atoms with Crippen LogP contribution in [-0.2, 0) is 0 Å². The molecule has 1 saturated carbocycles. The number of anilines is 1. The molecule has 0 unspecified atom stereocenters. The first kappa shape index (κ1) is 13.3. The van der Waals surface area contributed by atoms with E-state index in [-0.39, 0.29) is 23.3 Å². The Morgan fingerprint density at radius 3 is 2.89 bits per heavy atom. The molecule has 0 aliphatic heterocycles. The Balaban J connectivity index is 2.12. The third-order valence-corrected chi connectivity index (χ3v) is 3.81. The van der Waals surface area contributed by atoms with E-state index in [9.17, 15) is 10.1 Å². The highest BCUT2D eigenvalue weighted by atomic mass is 79.9. The monoisotopic (exact) mass is 314 g/mol. The van der Waals surface area contributed by atoms with Crippen molar-refractivity contribution in [1.29, 1.82) is 0 Å². The van der Waals surface area contributed by atoms with Crippen LogP contribution in [0.2, 0.25) is 0 Å². The molecule has 6 heteroatoms. The van der Waals surface area contributed by atoms with E-state index in [4.69, 9.17) is 5.11 Å². The minimum Gasteiger partial charge on any atom is -0.396 e. The Hall–Kier alpha value is -1.14. The fourth-order valence-electron chi connectivity index (χ4n) is 2.37. The molecule has 0 spiro atoms. The van der Waals surface area contributed by atoms with E-state index in [1.165, 1.54) is 6.07 Å². The highest BCUT2D eigenvalue weighted by molar-refractivity contribution is 9.10. The zero-order valence-corrected chi connectivity index (χ0v) is 11.4. The van der Waals surface area contributed by atoms with E-state index >= 15 is 0 Å². The topological polar surface area (TPSA) is 75.4 Å². The number of nitro benzene ring substituents is 1. The van der Waals surface area contributed by atoms with Gasteiger partial charge in [-0.2, -0.15) is 0 Å². The summed E-state index contributed by atoms with van der Waals surface area (Å²) >= 11 is 3.23. The smallest absolute Gasteiger partial charge is 0.293 e. The first-order valence-corrected chi connectivity index (χ1v) is 6.70. The van der Waals surface area contributed by atoms with Crippen LogP contribution >= 0.6 is 15.9 Å². The van der Waals surface area contributed by atoms with Crippen LogP contribution < -0.4 is 5.32 Å². The third kappa shape index (κ3) is 3.00. The number of rotatable bonds is 4. The molecule has 2 atom stereocenters. The van der Waals surface area contributed by atoms with Crippen LogP contribution in [0.4, 0.5) is 11.4 Å². The maximum absolute atomic E-state index is 11.0. The number of aliphatic hydroxyl groups excluding tert-OH is 1. The molecule has 1 aliphatic rings. The molecule has 0 amide bonds. The predicted octanol–water partition coefficient (Wildman–Crippen LogP) is 2.93. The van der Waals surface area contributed by atoms with Gasteiger partial charge in [-0.1, -0.05) is 15.9 Å². The highest BCUT2D eigenvalue weighted by Gasteiger charge is 2.25. The maximum Gasteiger partial charge on any atom is 0.293 e. The van der Waals surface area contributed by atoms with Gasteiger partial charge in [-0.15, -0.1) is 0 Å². The molecular formula is C12H15BrN2O3. The van der Waals surface area contributed by atoms with Crippen molar-refractivity contribution in [3.05, 3.63) is 32.8 Å². The molecule has 0 bridgehead atoms. The van der Waals surface area contributed by atoms with Gasteiger partial charge in [0.15, 0.2) is 0 Å². The Labute approximate surface area is 113 Å². The summed E-state index contributed by atoms with van der Waals surface area (Å²) in [5, 5.41) is 23.3. The lowest BCUT2D eigenvalue weighted by atomic mass is 10.1. The number of hydrogen-bond acceptors (Lipinski definition) is 4. The molecule has 98 valence electrons. The van der Waals surface area contributed by atoms with E-state index in [0.717, 1.165) is 19.3 Å². The third-order valence-electron chi connectivity index (χ3n) is 3.32. The molecule has 1 aromatic carbocycles. The Kier molecular flexibility index (Phi) is 4.19. The number of nitrogens with zero attached hydrogens (tertiary/aromatic N) is 1. The summed E-state index contributed by atoms with van der Waals surface area (Å²) in [5.41, 5.74) is 0.628. The van der Waals surface area contributed by atoms with Gasteiger partial charge in [-0.25, -0.2) is 0 Å². The molecule has 0 aromatic heterocycles. The van der Waals surface area contributed by atoms with E-state index in [1.54, 1.807) is 12.1 Å². The molecule has 0 heterocycles. The van der Waals surface area contributed by atoms with Crippen molar-refractivity contribution >= 4 is 27.3 Å². The van der Waals surface area contributed by atoms with Crippen LogP contribution in [0, 0.1) is 16.0 Å². The van der Waals surface area contributed by atoms with Gasteiger partial charge in [0.1, 0.15) is 5.69 Å². The van der Waals surface area contributed by atoms with Crippen LogP contribution in [0.25, 0.3) is 0 Å². The lowest BCUT2D eigenvalue weighted by Crippen LogP contribution is -2.17. The standard InChI is InChI=1S/C12H15BrN2O3/c13-9-2-4-11(12(6-9)15(17)18)14-10-3-1-8(5-10)7-16/h2,4,6,8,10,14,16H,1,3,5,7H2/t8-,10+/m1/s1. The van der Waals surface area contributed by atoms with Crippen LogP contribution in [0.5, 0.6) is 0 Å². The second-order valence-electron chi connectivity index (χ2n) is 4.62. The maximum atomic E-state index is 11.0. The molecule has 5 nitrogen and oxygen atoms in total. The minimum absolute atomic E-state index is 0.0804. The van der Waals surface area contributed by atoms with E-state index in [1.807, 2.05) is 0 Å². The van der Waals surface area contributed by atoms with Gasteiger partial charge in [0.05, 0.1) is 4.92 Å². The number of benzene rings is 1. The molecule has 2 N–H and O–H groups in total. The van der Waals surface area contributed by atoms with E-state index in [2.05, 4.69) is 21.2 Å². The molecule has 18 heavy (non-hydrogen) atoms. The quantitative estimate of drug-likeness (QED) is 0.662. The molecule has 1 aromatic rings. The van der Waals surface area contributed by atoms with Crippen molar-refractivity contribution in [1.82, 2.24) is 0 Å². The first-order valence-electron chi connectivity index (χ1n) is 5.91. The molecule has 2 rings (SSSR count). The summed E-state index contributed by atoms with van der Waals surface area (Å²) in [6, 6.07) is 5.21. The van der Waals surface area contributed by atoms with Gasteiger partial charge in [-0.05, 0) is 37.3 Å². The van der Waals surface area contributed by atoms with Gasteiger partial charge < -0.3 is 10.4 Å².